The van der Waals surface area contributed by atoms with Gasteiger partial charge in [0, 0.05) is 13.1 Å². The van der Waals surface area contributed by atoms with Gasteiger partial charge in [0.25, 0.3) is 0 Å². The summed E-state index contributed by atoms with van der Waals surface area (Å²) in [7, 11) is -6.74. The summed E-state index contributed by atoms with van der Waals surface area (Å²) >= 11 is 0. The van der Waals surface area contributed by atoms with Gasteiger partial charge < -0.3 is 4.42 Å². The third kappa shape index (κ3) is 5.72. The first-order chi connectivity index (χ1) is 8.74. The van der Waals surface area contributed by atoms with E-state index in [0.29, 0.717) is 5.76 Å². The van der Waals surface area contributed by atoms with Crippen LogP contribution >= 0.6 is 0 Å². The van der Waals surface area contributed by atoms with Gasteiger partial charge in [-0.25, -0.2) is 21.6 Å². The molecule has 0 aromatic carbocycles. The lowest BCUT2D eigenvalue weighted by molar-refractivity contribution is 0.368. The zero-order valence-corrected chi connectivity index (χ0v) is 12.5. The maximum absolute atomic E-state index is 11.6. The molecule has 1 rings (SSSR count). The van der Waals surface area contributed by atoms with Crippen LogP contribution in [0, 0.1) is 0 Å². The minimum atomic E-state index is -3.43. The van der Waals surface area contributed by atoms with Crippen LogP contribution in [0.25, 0.3) is 0 Å². The van der Waals surface area contributed by atoms with Crippen LogP contribution < -0.4 is 4.72 Å². The molecule has 1 aromatic rings. The van der Waals surface area contributed by atoms with Crippen LogP contribution in [0.4, 0.5) is 0 Å². The number of sulfonamides is 2. The standard InChI is InChI=1S/C10H18N2O5S2/c1-3-19(15,16)11-6-7-12(18(2,13)14)9-10-5-4-8-17-10/h4-5,8,11H,3,6-7,9H2,1-2H3. The molecule has 0 bridgehead atoms. The molecule has 0 amide bonds. The fourth-order valence-electron chi connectivity index (χ4n) is 1.37. The molecule has 1 N–H and O–H groups in total. The summed E-state index contributed by atoms with van der Waals surface area (Å²) in [4.78, 5) is 0. The Balaban J connectivity index is 2.62. The average Bonchev–Trinajstić information content (AvgIpc) is 2.79. The normalized spacial score (nSPS) is 13.0. The molecule has 0 fully saturated rings. The zero-order valence-electron chi connectivity index (χ0n) is 10.9. The Morgan fingerprint density at radius 2 is 2.00 bits per heavy atom. The van der Waals surface area contributed by atoms with Crippen molar-refractivity contribution in [2.45, 2.75) is 13.5 Å². The summed E-state index contributed by atoms with van der Waals surface area (Å²) in [6.45, 7) is 1.68. The van der Waals surface area contributed by atoms with Crippen molar-refractivity contribution >= 4 is 20.0 Å². The van der Waals surface area contributed by atoms with E-state index in [0.717, 1.165) is 10.6 Å². The molecule has 110 valence electrons. The zero-order chi connectivity index (χ0) is 14.5. The maximum atomic E-state index is 11.6. The second kappa shape index (κ2) is 6.51. The molecular formula is C10H18N2O5S2. The molecule has 0 saturated heterocycles. The molecule has 0 unspecified atom stereocenters. The van der Waals surface area contributed by atoms with Gasteiger partial charge in [-0.05, 0) is 19.1 Å². The molecule has 1 heterocycles. The van der Waals surface area contributed by atoms with Gasteiger partial charge in [-0.3, -0.25) is 0 Å². The molecule has 0 aliphatic rings. The Labute approximate surface area is 113 Å². The van der Waals surface area contributed by atoms with Crippen molar-refractivity contribution in [2.75, 3.05) is 25.1 Å². The van der Waals surface area contributed by atoms with Crippen molar-refractivity contribution in [3.05, 3.63) is 24.2 Å². The molecule has 1 aromatic heterocycles. The molecule has 0 saturated carbocycles. The molecule has 9 heteroatoms. The topological polar surface area (TPSA) is 96.7 Å². The van der Waals surface area contributed by atoms with Crippen LogP contribution in [0.2, 0.25) is 0 Å². The molecule has 0 aliphatic heterocycles. The molecule has 0 spiro atoms. The van der Waals surface area contributed by atoms with E-state index in [2.05, 4.69) is 4.72 Å². The molecule has 0 aliphatic carbocycles. The first-order valence-electron chi connectivity index (χ1n) is 5.69. The van der Waals surface area contributed by atoms with Crippen molar-refractivity contribution < 1.29 is 21.3 Å². The lowest BCUT2D eigenvalue weighted by Gasteiger charge is -2.18. The highest BCUT2D eigenvalue weighted by atomic mass is 32.2. The highest BCUT2D eigenvalue weighted by Gasteiger charge is 2.18. The molecule has 7 nitrogen and oxygen atoms in total. The van der Waals surface area contributed by atoms with Gasteiger partial charge in [0.15, 0.2) is 0 Å². The fourth-order valence-corrected chi connectivity index (χ4v) is 2.76. The van der Waals surface area contributed by atoms with E-state index < -0.39 is 20.0 Å². The number of rotatable bonds is 8. The smallest absolute Gasteiger partial charge is 0.211 e. The van der Waals surface area contributed by atoms with E-state index in [1.165, 1.54) is 13.2 Å². The molecule has 0 radical (unpaired) electrons. The van der Waals surface area contributed by atoms with E-state index in [9.17, 15) is 16.8 Å². The number of hydrogen-bond acceptors (Lipinski definition) is 5. The lowest BCUT2D eigenvalue weighted by Crippen LogP contribution is -2.38. The summed E-state index contributed by atoms with van der Waals surface area (Å²) in [5.41, 5.74) is 0. The van der Waals surface area contributed by atoms with Crippen LogP contribution in [0.5, 0.6) is 0 Å². The number of nitrogens with zero attached hydrogens (tertiary/aromatic N) is 1. The van der Waals surface area contributed by atoms with Crippen molar-refractivity contribution in [2.24, 2.45) is 0 Å². The van der Waals surface area contributed by atoms with Crippen LogP contribution in [0.1, 0.15) is 12.7 Å². The summed E-state index contributed by atoms with van der Waals surface area (Å²) in [6.07, 6.45) is 2.53. The number of nitrogens with one attached hydrogen (secondary N) is 1. The summed E-state index contributed by atoms with van der Waals surface area (Å²) in [5, 5.41) is 0. The van der Waals surface area contributed by atoms with Gasteiger partial charge in [0.2, 0.25) is 20.0 Å². The summed E-state index contributed by atoms with van der Waals surface area (Å²) in [6, 6.07) is 3.32. The molecular weight excluding hydrogens is 292 g/mol. The van der Waals surface area contributed by atoms with E-state index in [4.69, 9.17) is 4.42 Å². The van der Waals surface area contributed by atoms with Crippen molar-refractivity contribution in [1.82, 2.24) is 9.03 Å². The van der Waals surface area contributed by atoms with Crippen LogP contribution in [-0.4, -0.2) is 46.2 Å². The predicted octanol–water partition coefficient (Wildman–Crippen LogP) is -0.0195. The van der Waals surface area contributed by atoms with Gasteiger partial charge in [0.05, 0.1) is 24.8 Å². The van der Waals surface area contributed by atoms with E-state index in [1.54, 1.807) is 12.1 Å². The Morgan fingerprint density at radius 3 is 2.47 bits per heavy atom. The first kappa shape index (κ1) is 16.2. The minimum Gasteiger partial charge on any atom is -0.468 e. The SMILES string of the molecule is CCS(=O)(=O)NCCN(Cc1ccco1)S(C)(=O)=O. The largest absolute Gasteiger partial charge is 0.468 e. The van der Waals surface area contributed by atoms with E-state index >= 15 is 0 Å². The van der Waals surface area contributed by atoms with Crippen LogP contribution in [0.15, 0.2) is 22.8 Å². The number of furan rings is 1. The van der Waals surface area contributed by atoms with Gasteiger partial charge in [-0.15, -0.1) is 0 Å². The Kier molecular flexibility index (Phi) is 5.53. The number of hydrogen-bond donors (Lipinski definition) is 1. The van der Waals surface area contributed by atoms with Crippen LogP contribution in [0.3, 0.4) is 0 Å². The summed E-state index contributed by atoms with van der Waals surface area (Å²) < 4.78 is 54.2. The summed E-state index contributed by atoms with van der Waals surface area (Å²) in [5.74, 6) is 0.466. The van der Waals surface area contributed by atoms with E-state index in [1.807, 2.05) is 0 Å². The highest BCUT2D eigenvalue weighted by Crippen LogP contribution is 2.08. The maximum Gasteiger partial charge on any atom is 0.211 e. The highest BCUT2D eigenvalue weighted by molar-refractivity contribution is 7.89. The molecule has 19 heavy (non-hydrogen) atoms. The Morgan fingerprint density at radius 1 is 1.32 bits per heavy atom. The fraction of sp³-hybridized carbons (Fsp3) is 0.600. The third-order valence-corrected chi connectivity index (χ3v) is 5.10. The van der Waals surface area contributed by atoms with Crippen molar-refractivity contribution in [3.63, 3.8) is 0 Å². The Bertz CT molecular complexity index is 577. The van der Waals surface area contributed by atoms with Gasteiger partial charge >= 0.3 is 0 Å². The van der Waals surface area contributed by atoms with Crippen LogP contribution in [-0.2, 0) is 26.6 Å². The second-order valence-corrected chi connectivity index (χ2v) is 8.05. The van der Waals surface area contributed by atoms with Gasteiger partial charge in [0.1, 0.15) is 5.76 Å². The van der Waals surface area contributed by atoms with Crippen molar-refractivity contribution in [3.8, 4) is 0 Å². The Hall–Kier alpha value is -0.900. The quantitative estimate of drug-likeness (QED) is 0.728. The minimum absolute atomic E-state index is 0.0317. The lowest BCUT2D eigenvalue weighted by atomic mass is 10.4. The predicted molar refractivity (Wildman–Crippen MR) is 71.4 cm³/mol. The van der Waals surface area contributed by atoms with E-state index in [-0.39, 0.29) is 25.4 Å². The average molecular weight is 310 g/mol. The second-order valence-electron chi connectivity index (χ2n) is 3.97. The first-order valence-corrected chi connectivity index (χ1v) is 9.19. The van der Waals surface area contributed by atoms with Gasteiger partial charge in [-0.1, -0.05) is 0 Å². The molecule has 0 atom stereocenters. The van der Waals surface area contributed by atoms with Gasteiger partial charge in [-0.2, -0.15) is 4.31 Å². The van der Waals surface area contributed by atoms with Crippen molar-refractivity contribution in [1.29, 1.82) is 0 Å². The monoisotopic (exact) mass is 310 g/mol. The third-order valence-electron chi connectivity index (χ3n) is 2.44.